The van der Waals surface area contributed by atoms with Crippen LogP contribution in [0, 0.1) is 0 Å². The van der Waals surface area contributed by atoms with Gasteiger partial charge in [0, 0.05) is 102 Å². The van der Waals surface area contributed by atoms with Crippen LogP contribution in [0.3, 0.4) is 0 Å². The first-order valence-corrected chi connectivity index (χ1v) is 23.2. The average Bonchev–Trinajstić information content (AvgIpc) is 3.97. The number of nitrogens with zero attached hydrogens (tertiary/aromatic N) is 14. The van der Waals surface area contributed by atoms with Gasteiger partial charge in [-0.15, -0.1) is 0 Å². The summed E-state index contributed by atoms with van der Waals surface area (Å²) in [5.74, 6) is 0. The quantitative estimate of drug-likeness (QED) is 0.155. The van der Waals surface area contributed by atoms with Crippen LogP contribution in [0.2, 0.25) is 0 Å². The van der Waals surface area contributed by atoms with Crippen LogP contribution in [0.4, 0.5) is 0 Å². The van der Waals surface area contributed by atoms with Gasteiger partial charge in [-0.3, -0.25) is 19.9 Å². The molecule has 0 radical (unpaired) electrons. The maximum atomic E-state index is 4.82. The Labute approximate surface area is 407 Å². The van der Waals surface area contributed by atoms with Gasteiger partial charge in [0.1, 0.15) is 0 Å². The highest BCUT2D eigenvalue weighted by Gasteiger charge is 2.23. The summed E-state index contributed by atoms with van der Waals surface area (Å²) in [7, 11) is 0. The minimum absolute atomic E-state index is 0.774. The third kappa shape index (κ3) is 6.29. The highest BCUT2D eigenvalue weighted by Crippen LogP contribution is 2.44. The molecule has 72 heavy (non-hydrogen) atoms. The van der Waals surface area contributed by atoms with Crippen molar-refractivity contribution in [3.8, 4) is 55.9 Å². The van der Waals surface area contributed by atoms with Crippen molar-refractivity contribution >= 4 is 87.2 Å². The zero-order chi connectivity index (χ0) is 47.3. The number of pyridine rings is 4. The number of fused-ring (bicyclic) bond motifs is 11. The first-order valence-electron chi connectivity index (χ1n) is 23.2. The van der Waals surface area contributed by atoms with E-state index in [1.54, 1.807) is 49.6 Å². The molecule has 0 saturated carbocycles. The number of hydrogen-bond donors (Lipinski definition) is 0. The van der Waals surface area contributed by atoms with E-state index in [9.17, 15) is 0 Å². The van der Waals surface area contributed by atoms with E-state index in [1.807, 2.05) is 24.8 Å². The Morgan fingerprint density at radius 3 is 1.08 bits per heavy atom. The van der Waals surface area contributed by atoms with Crippen molar-refractivity contribution in [2.45, 2.75) is 0 Å². The van der Waals surface area contributed by atoms with Gasteiger partial charge in [-0.05, 0) is 101 Å². The summed E-state index contributed by atoms with van der Waals surface area (Å²) in [6.45, 7) is 0. The van der Waals surface area contributed by atoms with Crippen LogP contribution in [0.25, 0.3) is 143 Å². The lowest BCUT2D eigenvalue weighted by molar-refractivity contribution is 1.04. The monoisotopic (exact) mass is 924 g/mol. The molecule has 0 unspecified atom stereocenters. The maximum absolute atomic E-state index is 4.82. The molecule has 0 N–H and O–H groups in total. The van der Waals surface area contributed by atoms with E-state index in [-0.39, 0.29) is 0 Å². The number of benzene rings is 5. The van der Waals surface area contributed by atoms with Crippen molar-refractivity contribution < 1.29 is 0 Å². The molecule has 0 atom stereocenters. The van der Waals surface area contributed by atoms with E-state index in [4.69, 9.17) is 19.9 Å². The molecule has 15 aromatic rings. The molecular weight excluding hydrogens is 893 g/mol. The minimum Gasteiger partial charge on any atom is -0.309 e. The molecule has 5 aromatic carbocycles. The highest BCUT2D eigenvalue weighted by atomic mass is 15.1. The largest absolute Gasteiger partial charge is 0.309 e. The summed E-state index contributed by atoms with van der Waals surface area (Å²) in [5, 5.41) is 41.1. The molecule has 334 valence electrons. The first-order chi connectivity index (χ1) is 35.6. The van der Waals surface area contributed by atoms with Crippen molar-refractivity contribution in [1.29, 1.82) is 0 Å². The molecule has 0 amide bonds. The van der Waals surface area contributed by atoms with Gasteiger partial charge in [0.2, 0.25) is 0 Å². The van der Waals surface area contributed by atoms with E-state index < -0.39 is 0 Å². The van der Waals surface area contributed by atoms with Crippen LogP contribution in [-0.4, -0.2) is 69.9 Å². The van der Waals surface area contributed by atoms with E-state index in [0.29, 0.717) is 0 Å². The van der Waals surface area contributed by atoms with Crippen molar-refractivity contribution in [3.63, 3.8) is 0 Å². The second-order valence-corrected chi connectivity index (χ2v) is 17.8. The van der Waals surface area contributed by atoms with Crippen LogP contribution >= 0.6 is 0 Å². The molecule has 0 bridgehead atoms. The minimum atomic E-state index is 0.774. The standard InChI is InChI=1S/C58H32N14/c1-3-7-54-47(5-1)48-9-10-56-57(58(48)72(54)46-19-35(39-15-43-27-65-69-31-52(43)61-23-39)12-36(20-46)40-16-44-28-66-70-32-53(44)62-24-40)49-6-2-4-8-55(49)71(56)45-17-33(37-13-41-25-63-67-29-50(41)59-21-37)11-34(18-45)38-14-42-26-64-68-30-51(42)60-22-38/h1-32H. The fourth-order valence-corrected chi connectivity index (χ4v) is 10.4. The van der Waals surface area contributed by atoms with Crippen molar-refractivity contribution in [1.82, 2.24) is 69.9 Å². The van der Waals surface area contributed by atoms with E-state index in [1.165, 1.54) is 0 Å². The van der Waals surface area contributed by atoms with Gasteiger partial charge in [0.15, 0.2) is 0 Å². The van der Waals surface area contributed by atoms with E-state index >= 15 is 0 Å². The third-order valence-electron chi connectivity index (χ3n) is 13.7. The molecule has 0 aliphatic carbocycles. The Morgan fingerprint density at radius 1 is 0.264 bits per heavy atom. The van der Waals surface area contributed by atoms with Gasteiger partial charge in [0.25, 0.3) is 0 Å². The zero-order valence-corrected chi connectivity index (χ0v) is 37.7. The summed E-state index contributed by atoms with van der Waals surface area (Å²) < 4.78 is 4.81. The second-order valence-electron chi connectivity index (χ2n) is 17.8. The lowest BCUT2D eigenvalue weighted by Crippen LogP contribution is -1.98. The van der Waals surface area contributed by atoms with Crippen molar-refractivity contribution in [2.75, 3.05) is 0 Å². The van der Waals surface area contributed by atoms with Gasteiger partial charge >= 0.3 is 0 Å². The molecule has 0 fully saturated rings. The van der Waals surface area contributed by atoms with Gasteiger partial charge in [-0.25, -0.2) is 0 Å². The molecular formula is C58H32N14. The molecule has 10 heterocycles. The molecule has 15 rings (SSSR count). The predicted octanol–water partition coefficient (Wildman–Crippen LogP) is 11.9. The zero-order valence-electron chi connectivity index (χ0n) is 37.7. The molecule has 0 aliphatic rings. The van der Waals surface area contributed by atoms with Gasteiger partial charge in [0.05, 0.1) is 93.7 Å². The summed E-state index contributed by atoms with van der Waals surface area (Å²) in [4.78, 5) is 19.3. The average molecular weight is 925 g/mol. The number of aromatic nitrogens is 14. The predicted molar refractivity (Wildman–Crippen MR) is 280 cm³/mol. The molecule has 14 heteroatoms. The normalized spacial score (nSPS) is 11.9. The number of hydrogen-bond acceptors (Lipinski definition) is 12. The molecule has 14 nitrogen and oxygen atoms in total. The molecule has 10 aromatic heterocycles. The summed E-state index contributed by atoms with van der Waals surface area (Å²) in [6, 6.07) is 43.8. The third-order valence-corrected chi connectivity index (χ3v) is 13.7. The lowest BCUT2D eigenvalue weighted by Gasteiger charge is -2.15. The van der Waals surface area contributed by atoms with Crippen LogP contribution in [0.5, 0.6) is 0 Å². The van der Waals surface area contributed by atoms with Crippen molar-refractivity contribution in [2.24, 2.45) is 0 Å². The summed E-state index contributed by atoms with van der Waals surface area (Å²) >= 11 is 0. The fourth-order valence-electron chi connectivity index (χ4n) is 10.4. The number of para-hydroxylation sites is 2. The lowest BCUT2D eigenvalue weighted by atomic mass is 9.98. The Hall–Kier alpha value is -10.3. The highest BCUT2D eigenvalue weighted by molar-refractivity contribution is 6.26. The Kier molecular flexibility index (Phi) is 8.59. The van der Waals surface area contributed by atoms with Crippen LogP contribution in [-0.2, 0) is 0 Å². The van der Waals surface area contributed by atoms with Gasteiger partial charge in [-0.1, -0.05) is 42.5 Å². The van der Waals surface area contributed by atoms with E-state index in [2.05, 4.69) is 171 Å². The fraction of sp³-hybridized carbons (Fsp3) is 0. The first kappa shape index (κ1) is 39.6. The molecule has 0 saturated heterocycles. The maximum Gasteiger partial charge on any atom is 0.0919 e. The van der Waals surface area contributed by atoms with Gasteiger partial charge < -0.3 is 9.13 Å². The van der Waals surface area contributed by atoms with Crippen LogP contribution in [0.1, 0.15) is 0 Å². The summed E-state index contributed by atoms with van der Waals surface area (Å²) in [5.41, 5.74) is 17.0. The van der Waals surface area contributed by atoms with Crippen LogP contribution in [0.15, 0.2) is 196 Å². The SMILES string of the molecule is c1ccc2c(c1)c1c(ccc3c4ccccc4n(-c4cc(-c5cnc6cnncc6c5)cc(-c5cnc6cnncc6c5)c4)c31)n2-c1cc(-c2cnc3cnncc3c2)cc(-c2cnc3cnncc3c2)c1. The van der Waals surface area contributed by atoms with Crippen molar-refractivity contribution in [3.05, 3.63) is 196 Å². The second kappa shape index (κ2) is 15.6. The van der Waals surface area contributed by atoms with Crippen LogP contribution < -0.4 is 0 Å². The molecule has 0 aliphatic heterocycles. The number of rotatable bonds is 6. The Bertz CT molecular complexity index is 4540. The Morgan fingerprint density at radius 2 is 0.639 bits per heavy atom. The Balaban J connectivity index is 1.02. The summed E-state index contributed by atoms with van der Waals surface area (Å²) in [6.07, 6.45) is 21.4. The smallest absolute Gasteiger partial charge is 0.0919 e. The van der Waals surface area contributed by atoms with Gasteiger partial charge in [-0.2, -0.15) is 40.8 Å². The molecule has 0 spiro atoms. The topological polar surface area (TPSA) is 165 Å². The van der Waals surface area contributed by atoms with E-state index in [0.717, 1.165) is 143 Å².